The van der Waals surface area contributed by atoms with Gasteiger partial charge in [0.15, 0.2) is 11.9 Å². The molecule has 9 nitrogen and oxygen atoms in total. The summed E-state index contributed by atoms with van der Waals surface area (Å²) in [5.41, 5.74) is 0.784. The summed E-state index contributed by atoms with van der Waals surface area (Å²) < 4.78 is 66.1. The lowest BCUT2D eigenvalue weighted by molar-refractivity contribution is -0.000717. The highest BCUT2D eigenvalue weighted by atomic mass is 19.3. The van der Waals surface area contributed by atoms with Crippen molar-refractivity contribution in [3.63, 3.8) is 0 Å². The first kappa shape index (κ1) is 28.6. The molecule has 4 aromatic rings. The zero-order valence-corrected chi connectivity index (χ0v) is 22.5. The second-order valence-corrected chi connectivity index (χ2v) is 9.57. The molecule has 3 heterocycles. The van der Waals surface area contributed by atoms with E-state index in [1.54, 1.807) is 12.1 Å². The van der Waals surface area contributed by atoms with E-state index in [4.69, 9.17) is 18.9 Å². The second kappa shape index (κ2) is 13.2. The Bertz CT molecular complexity index is 1510. The molecule has 1 unspecified atom stereocenters. The summed E-state index contributed by atoms with van der Waals surface area (Å²) in [7, 11) is 0. The number of rotatable bonds is 12. The maximum Gasteiger partial charge on any atom is 0.350 e. The van der Waals surface area contributed by atoms with Crippen molar-refractivity contribution >= 4 is 10.8 Å². The molecule has 0 spiro atoms. The molecule has 0 saturated carbocycles. The number of nitrogens with zero attached hydrogens (tertiary/aromatic N) is 4. The summed E-state index contributed by atoms with van der Waals surface area (Å²) in [5, 5.41) is 5.29. The number of alkyl halides is 3. The van der Waals surface area contributed by atoms with Crippen LogP contribution in [0.5, 0.6) is 11.6 Å². The molecular weight excluding hydrogens is 541 g/mol. The summed E-state index contributed by atoms with van der Waals surface area (Å²) in [5.74, 6) is 0.475. The Kier molecular flexibility index (Phi) is 9.20. The molecule has 0 N–H and O–H groups in total. The van der Waals surface area contributed by atoms with Crippen LogP contribution in [0.15, 0.2) is 59.5 Å². The van der Waals surface area contributed by atoms with Crippen LogP contribution in [0, 0.1) is 0 Å². The lowest BCUT2D eigenvalue weighted by atomic mass is 10.1. The van der Waals surface area contributed by atoms with E-state index in [1.165, 1.54) is 16.8 Å². The fourth-order valence-corrected chi connectivity index (χ4v) is 4.67. The van der Waals surface area contributed by atoms with Crippen LogP contribution in [0.2, 0.25) is 0 Å². The van der Waals surface area contributed by atoms with Gasteiger partial charge in [-0.1, -0.05) is 30.3 Å². The van der Waals surface area contributed by atoms with Gasteiger partial charge in [0.25, 0.3) is 6.43 Å². The molecule has 0 radical (unpaired) electrons. The maximum atomic E-state index is 13.6. The molecule has 5 rings (SSSR count). The van der Waals surface area contributed by atoms with Crippen LogP contribution in [0.3, 0.4) is 0 Å². The quantitative estimate of drug-likeness (QED) is 0.240. The molecule has 1 saturated heterocycles. The van der Waals surface area contributed by atoms with Crippen molar-refractivity contribution in [2.45, 2.75) is 58.2 Å². The molecule has 218 valence electrons. The van der Waals surface area contributed by atoms with E-state index in [-0.39, 0.29) is 30.0 Å². The molecule has 1 fully saturated rings. The first-order chi connectivity index (χ1) is 20.0. The summed E-state index contributed by atoms with van der Waals surface area (Å²) in [6.07, 6.45) is -2.50. The first-order valence-electron chi connectivity index (χ1n) is 13.5. The van der Waals surface area contributed by atoms with Gasteiger partial charge in [-0.05, 0) is 30.0 Å². The highest BCUT2D eigenvalue weighted by Crippen LogP contribution is 2.37. The van der Waals surface area contributed by atoms with E-state index in [1.807, 2.05) is 37.3 Å². The van der Waals surface area contributed by atoms with Crippen LogP contribution in [0.25, 0.3) is 16.5 Å². The highest BCUT2D eigenvalue weighted by Gasteiger charge is 2.26. The van der Waals surface area contributed by atoms with Gasteiger partial charge < -0.3 is 18.9 Å². The van der Waals surface area contributed by atoms with E-state index < -0.39 is 24.9 Å². The number of hydrogen-bond donors (Lipinski definition) is 0. The Labute approximate surface area is 234 Å². The SMILES string of the molecule is CCn1c(COCc2ccccc2)nn(-c2cc(OC(CF)C(F)F)c3c(OC4CCOCC4)nccc3c2)c1=O. The number of halogens is 3. The molecule has 1 aliphatic rings. The van der Waals surface area contributed by atoms with Crippen molar-refractivity contribution in [1.82, 2.24) is 19.3 Å². The number of ether oxygens (including phenoxy) is 4. The van der Waals surface area contributed by atoms with Gasteiger partial charge in [-0.15, -0.1) is 5.10 Å². The molecule has 2 aromatic carbocycles. The average molecular weight is 573 g/mol. The lowest BCUT2D eigenvalue weighted by Crippen LogP contribution is -2.28. The molecule has 0 amide bonds. The topological polar surface area (TPSA) is 89.6 Å². The number of aromatic nitrogens is 4. The van der Waals surface area contributed by atoms with Crippen LogP contribution < -0.4 is 15.2 Å². The van der Waals surface area contributed by atoms with Crippen LogP contribution in [-0.4, -0.2) is 57.9 Å². The van der Waals surface area contributed by atoms with Gasteiger partial charge in [0.1, 0.15) is 25.1 Å². The summed E-state index contributed by atoms with van der Waals surface area (Å²) in [6, 6.07) is 14.3. The van der Waals surface area contributed by atoms with Crippen LogP contribution >= 0.6 is 0 Å². The Balaban J connectivity index is 1.53. The van der Waals surface area contributed by atoms with Crippen LogP contribution in [0.1, 0.15) is 31.2 Å². The van der Waals surface area contributed by atoms with Crippen molar-refractivity contribution in [2.24, 2.45) is 0 Å². The predicted octanol–water partition coefficient (Wildman–Crippen LogP) is 4.86. The van der Waals surface area contributed by atoms with Gasteiger partial charge in [-0.3, -0.25) is 4.57 Å². The summed E-state index contributed by atoms with van der Waals surface area (Å²) in [6.45, 7) is 2.20. The van der Waals surface area contributed by atoms with Gasteiger partial charge in [-0.2, -0.15) is 4.68 Å². The van der Waals surface area contributed by atoms with Gasteiger partial charge in [-0.25, -0.2) is 22.9 Å². The smallest absolute Gasteiger partial charge is 0.350 e. The van der Waals surface area contributed by atoms with E-state index in [0.717, 1.165) is 10.2 Å². The zero-order valence-electron chi connectivity index (χ0n) is 22.5. The van der Waals surface area contributed by atoms with Gasteiger partial charge in [0.2, 0.25) is 5.88 Å². The minimum absolute atomic E-state index is 0.0736. The van der Waals surface area contributed by atoms with Crippen molar-refractivity contribution in [2.75, 3.05) is 19.9 Å². The predicted molar refractivity (Wildman–Crippen MR) is 145 cm³/mol. The number of benzene rings is 2. The standard InChI is InChI=1S/C29H31F3N4O5/c1-2-35-25(18-39-17-19-6-4-3-5-7-19)34-36(29(35)37)21-14-20-8-11-33-28(40-22-9-12-38-13-10-22)26(20)23(15-21)41-24(16-30)27(31)32/h3-8,11,14-15,22,24,27H,2,9-10,12-13,16-18H2,1H3. The monoisotopic (exact) mass is 572 g/mol. The number of hydrogen-bond acceptors (Lipinski definition) is 7. The third-order valence-corrected chi connectivity index (χ3v) is 6.78. The Hall–Kier alpha value is -3.90. The molecule has 12 heteroatoms. The number of fused-ring (bicyclic) bond motifs is 1. The Morgan fingerprint density at radius 1 is 1.10 bits per heavy atom. The minimum Gasteiger partial charge on any atom is -0.481 e. The normalized spacial score (nSPS) is 15.0. The summed E-state index contributed by atoms with van der Waals surface area (Å²) >= 11 is 0. The largest absolute Gasteiger partial charge is 0.481 e. The fraction of sp³-hybridized carbons (Fsp3) is 0.414. The van der Waals surface area contributed by atoms with Crippen molar-refractivity contribution in [3.8, 4) is 17.3 Å². The lowest BCUT2D eigenvalue weighted by Gasteiger charge is -2.24. The maximum absolute atomic E-state index is 13.6. The Morgan fingerprint density at radius 3 is 2.59 bits per heavy atom. The minimum atomic E-state index is -3.08. The van der Waals surface area contributed by atoms with E-state index in [9.17, 15) is 18.0 Å². The molecular formula is C29H31F3N4O5. The van der Waals surface area contributed by atoms with Gasteiger partial charge >= 0.3 is 5.69 Å². The second-order valence-electron chi connectivity index (χ2n) is 9.57. The first-order valence-corrected chi connectivity index (χ1v) is 13.5. The van der Waals surface area contributed by atoms with Gasteiger partial charge in [0, 0.05) is 31.6 Å². The molecule has 0 bridgehead atoms. The fourth-order valence-electron chi connectivity index (χ4n) is 4.67. The highest BCUT2D eigenvalue weighted by molar-refractivity contribution is 5.94. The van der Waals surface area contributed by atoms with Crippen molar-refractivity contribution in [3.05, 3.63) is 76.6 Å². The van der Waals surface area contributed by atoms with Crippen LogP contribution in [-0.2, 0) is 29.2 Å². The molecule has 2 aromatic heterocycles. The third-order valence-electron chi connectivity index (χ3n) is 6.78. The van der Waals surface area contributed by atoms with E-state index in [2.05, 4.69) is 10.1 Å². The average Bonchev–Trinajstić information content (AvgIpc) is 3.31. The van der Waals surface area contributed by atoms with Crippen LogP contribution in [0.4, 0.5) is 13.2 Å². The molecule has 0 aliphatic carbocycles. The van der Waals surface area contributed by atoms with Crippen molar-refractivity contribution < 1.29 is 32.1 Å². The molecule has 1 aliphatic heterocycles. The van der Waals surface area contributed by atoms with Gasteiger partial charge in [0.05, 0.1) is 30.9 Å². The number of pyridine rings is 1. The Morgan fingerprint density at radius 2 is 1.88 bits per heavy atom. The molecule has 1 atom stereocenters. The third kappa shape index (κ3) is 6.54. The van der Waals surface area contributed by atoms with E-state index >= 15 is 0 Å². The van der Waals surface area contributed by atoms with E-state index in [0.29, 0.717) is 55.8 Å². The zero-order chi connectivity index (χ0) is 28.8. The van der Waals surface area contributed by atoms with Crippen molar-refractivity contribution in [1.29, 1.82) is 0 Å². The molecule has 41 heavy (non-hydrogen) atoms. The summed E-state index contributed by atoms with van der Waals surface area (Å²) in [4.78, 5) is 17.7.